The first-order chi connectivity index (χ1) is 7.45. The third-order valence-electron chi connectivity index (χ3n) is 3.17. The van der Waals surface area contributed by atoms with E-state index in [-0.39, 0.29) is 52.4 Å². The van der Waals surface area contributed by atoms with Gasteiger partial charge in [0.2, 0.25) is 11.8 Å². The molecule has 0 aromatic heterocycles. The van der Waals surface area contributed by atoms with Gasteiger partial charge in [-0.2, -0.15) is 0 Å². The minimum Gasteiger partial charge on any atom is -0.302 e. The molecule has 0 bridgehead atoms. The van der Waals surface area contributed by atoms with Crippen LogP contribution in [0.25, 0.3) is 0 Å². The van der Waals surface area contributed by atoms with E-state index < -0.39 is 5.41 Å². The summed E-state index contributed by atoms with van der Waals surface area (Å²) in [6.07, 6.45) is 2.38. The maximum absolute atomic E-state index is 12.0. The molecule has 0 atom stereocenters. The zero-order valence-electron chi connectivity index (χ0n) is 10.9. The number of hydrogen-bond donors (Lipinski definition) is 2. The molecular weight excluding hydrogens is 247 g/mol. The molecule has 0 saturated carbocycles. The van der Waals surface area contributed by atoms with Gasteiger partial charge < -0.3 is 10.6 Å². The molecule has 1 saturated heterocycles. The van der Waals surface area contributed by atoms with Crippen molar-refractivity contribution in [2.45, 2.75) is 40.0 Å². The van der Waals surface area contributed by atoms with Crippen LogP contribution in [0.3, 0.4) is 0 Å². The fraction of sp³-hybridized carbons (Fsp3) is 0.727. The molecule has 0 aromatic rings. The summed E-state index contributed by atoms with van der Waals surface area (Å²) in [6, 6.07) is 0. The molecule has 6 heteroatoms. The Morgan fingerprint density at radius 2 is 1.71 bits per heavy atom. The summed E-state index contributed by atoms with van der Waals surface area (Å²) in [7, 11) is 0. The van der Waals surface area contributed by atoms with Crippen LogP contribution in [0.15, 0.2) is 0 Å². The van der Waals surface area contributed by atoms with E-state index in [4.69, 9.17) is 12.2 Å². The van der Waals surface area contributed by atoms with Crippen molar-refractivity contribution in [1.82, 2.24) is 10.6 Å². The van der Waals surface area contributed by atoms with Gasteiger partial charge >= 0.3 is 29.6 Å². The Bertz CT molecular complexity index is 311. The van der Waals surface area contributed by atoms with Gasteiger partial charge in [0.25, 0.3) is 0 Å². The maximum atomic E-state index is 12.0. The molecule has 2 amide bonds. The average molecular weight is 265 g/mol. The molecule has 90 valence electrons. The smallest absolute Gasteiger partial charge is 0.302 e. The molecular formula is C11H18N2NaO2S+. The molecule has 1 rings (SSSR count). The Labute approximate surface area is 130 Å². The summed E-state index contributed by atoms with van der Waals surface area (Å²) >= 11 is 4.80. The maximum Gasteiger partial charge on any atom is 1.00 e. The standard InChI is InChI=1S/C11H18N2O2S.Na/c1-4-5-6-11(7(2)3)8(14)12-10(16)13-9(11)15;/h7H,4-6H2,1-3H3,(H2,12,13,14,15,16);/q;+1. The molecule has 0 unspecified atom stereocenters. The van der Waals surface area contributed by atoms with Crippen LogP contribution in [0, 0.1) is 11.3 Å². The fourth-order valence-electron chi connectivity index (χ4n) is 2.06. The van der Waals surface area contributed by atoms with Gasteiger partial charge in [-0.25, -0.2) is 0 Å². The first kappa shape index (κ1) is 17.0. The van der Waals surface area contributed by atoms with Crippen molar-refractivity contribution in [3.8, 4) is 0 Å². The monoisotopic (exact) mass is 265 g/mol. The van der Waals surface area contributed by atoms with Crippen LogP contribution in [0.5, 0.6) is 0 Å². The van der Waals surface area contributed by atoms with Crippen LogP contribution in [-0.2, 0) is 9.59 Å². The Balaban J connectivity index is 0.00000256. The first-order valence-electron chi connectivity index (χ1n) is 5.62. The summed E-state index contributed by atoms with van der Waals surface area (Å²) in [4.78, 5) is 24.0. The van der Waals surface area contributed by atoms with E-state index in [1.807, 2.05) is 20.8 Å². The second kappa shape index (κ2) is 6.83. The van der Waals surface area contributed by atoms with Crippen molar-refractivity contribution in [2.75, 3.05) is 0 Å². The number of hydrogen-bond acceptors (Lipinski definition) is 3. The van der Waals surface area contributed by atoms with E-state index in [9.17, 15) is 9.59 Å². The topological polar surface area (TPSA) is 58.2 Å². The summed E-state index contributed by atoms with van der Waals surface area (Å²) in [5.41, 5.74) is -0.960. The van der Waals surface area contributed by atoms with Gasteiger partial charge in [0.05, 0.1) is 0 Å². The summed E-state index contributed by atoms with van der Waals surface area (Å²) in [5.74, 6) is -0.559. The van der Waals surface area contributed by atoms with Gasteiger partial charge in [0.1, 0.15) is 5.41 Å². The Kier molecular flexibility index (Phi) is 6.84. The number of amides is 2. The SMILES string of the molecule is CCCCC1(C(C)C)C(=O)NC(=S)NC1=O.[Na+]. The normalized spacial score (nSPS) is 18.5. The van der Waals surface area contributed by atoms with Gasteiger partial charge in [-0.3, -0.25) is 9.59 Å². The molecule has 0 aromatic carbocycles. The Morgan fingerprint density at radius 1 is 1.24 bits per heavy atom. The number of carbonyl (C=O) groups excluding carboxylic acids is 2. The van der Waals surface area contributed by atoms with Crippen molar-refractivity contribution in [3.63, 3.8) is 0 Å². The fourth-order valence-corrected chi connectivity index (χ4v) is 2.24. The summed E-state index contributed by atoms with van der Waals surface area (Å²) < 4.78 is 0. The minimum atomic E-state index is -0.960. The second-order valence-corrected chi connectivity index (χ2v) is 4.88. The summed E-state index contributed by atoms with van der Waals surface area (Å²) in [6.45, 7) is 5.82. The first-order valence-corrected chi connectivity index (χ1v) is 6.02. The van der Waals surface area contributed by atoms with Crippen molar-refractivity contribution in [3.05, 3.63) is 0 Å². The van der Waals surface area contributed by atoms with E-state index in [1.165, 1.54) is 0 Å². The number of rotatable bonds is 4. The summed E-state index contributed by atoms with van der Waals surface area (Å²) in [5, 5.41) is 5.22. The van der Waals surface area contributed by atoms with Crippen molar-refractivity contribution in [1.29, 1.82) is 0 Å². The number of nitrogens with one attached hydrogen (secondary N) is 2. The van der Waals surface area contributed by atoms with Gasteiger partial charge in [-0.1, -0.05) is 33.6 Å². The van der Waals surface area contributed by atoms with E-state index in [1.54, 1.807) is 0 Å². The van der Waals surface area contributed by atoms with E-state index >= 15 is 0 Å². The largest absolute Gasteiger partial charge is 1.00 e. The van der Waals surface area contributed by atoms with Gasteiger partial charge in [-0.05, 0) is 24.6 Å². The van der Waals surface area contributed by atoms with Crippen LogP contribution in [0.4, 0.5) is 0 Å². The molecule has 0 spiro atoms. The quantitative estimate of drug-likeness (QED) is 0.364. The molecule has 1 heterocycles. The van der Waals surface area contributed by atoms with E-state index in [0.717, 1.165) is 12.8 Å². The van der Waals surface area contributed by atoms with Crippen molar-refractivity contribution >= 4 is 29.1 Å². The third-order valence-corrected chi connectivity index (χ3v) is 3.38. The number of carbonyl (C=O) groups is 2. The molecule has 17 heavy (non-hydrogen) atoms. The number of thiocarbonyl (C=S) groups is 1. The van der Waals surface area contributed by atoms with Crippen LogP contribution in [0.1, 0.15) is 40.0 Å². The molecule has 0 radical (unpaired) electrons. The van der Waals surface area contributed by atoms with E-state index in [2.05, 4.69) is 10.6 Å². The minimum absolute atomic E-state index is 0. The molecule has 0 aliphatic carbocycles. The van der Waals surface area contributed by atoms with Gasteiger partial charge in [-0.15, -0.1) is 0 Å². The Morgan fingerprint density at radius 3 is 2.06 bits per heavy atom. The zero-order chi connectivity index (χ0) is 12.3. The molecule has 2 N–H and O–H groups in total. The second-order valence-electron chi connectivity index (χ2n) is 4.47. The average Bonchev–Trinajstić information content (AvgIpc) is 2.16. The van der Waals surface area contributed by atoms with Gasteiger partial charge in [0, 0.05) is 0 Å². The number of unbranched alkanes of at least 4 members (excludes halogenated alkanes) is 1. The van der Waals surface area contributed by atoms with Crippen LogP contribution in [-0.4, -0.2) is 16.9 Å². The van der Waals surface area contributed by atoms with Crippen LogP contribution < -0.4 is 40.2 Å². The van der Waals surface area contributed by atoms with Gasteiger partial charge in [0.15, 0.2) is 5.11 Å². The molecule has 1 aliphatic rings. The van der Waals surface area contributed by atoms with Crippen LogP contribution in [0.2, 0.25) is 0 Å². The molecule has 4 nitrogen and oxygen atoms in total. The predicted molar refractivity (Wildman–Crippen MR) is 65.7 cm³/mol. The zero-order valence-corrected chi connectivity index (χ0v) is 13.7. The predicted octanol–water partition coefficient (Wildman–Crippen LogP) is -1.65. The van der Waals surface area contributed by atoms with Crippen molar-refractivity contribution < 1.29 is 39.1 Å². The molecule has 1 aliphatic heterocycles. The van der Waals surface area contributed by atoms with Crippen LogP contribution >= 0.6 is 12.2 Å². The Hall–Kier alpha value is 0.0300. The van der Waals surface area contributed by atoms with E-state index in [0.29, 0.717) is 6.42 Å². The van der Waals surface area contributed by atoms with Crippen molar-refractivity contribution in [2.24, 2.45) is 11.3 Å². The third kappa shape index (κ3) is 3.28. The molecule has 1 fully saturated rings.